The van der Waals surface area contributed by atoms with Crippen LogP contribution in [0.1, 0.15) is 22.3 Å². The first-order valence-electron chi connectivity index (χ1n) is 8.70. The number of hydrogen-bond donors (Lipinski definition) is 1. The molecule has 0 unspecified atom stereocenters. The molecular weight excluding hydrogens is 363 g/mol. The Morgan fingerprint density at radius 3 is 2.75 bits per heavy atom. The number of amides is 1. The highest BCUT2D eigenvalue weighted by molar-refractivity contribution is 5.92. The van der Waals surface area contributed by atoms with Crippen molar-refractivity contribution >= 4 is 17.4 Å². The van der Waals surface area contributed by atoms with E-state index in [9.17, 15) is 9.18 Å². The third-order valence-corrected chi connectivity index (χ3v) is 4.25. The SMILES string of the molecule is O=C(c1cnccn1)N1CCO[C@@H](c2ccc(Nc3ccc(F)cn3)cn2)C1. The van der Waals surface area contributed by atoms with Crippen molar-refractivity contribution in [3.63, 3.8) is 0 Å². The van der Waals surface area contributed by atoms with Crippen molar-refractivity contribution in [1.82, 2.24) is 24.8 Å². The molecule has 142 valence electrons. The average Bonchev–Trinajstić information content (AvgIpc) is 2.76. The van der Waals surface area contributed by atoms with Crippen molar-refractivity contribution in [1.29, 1.82) is 0 Å². The number of pyridine rings is 2. The molecule has 1 N–H and O–H groups in total. The second-order valence-corrected chi connectivity index (χ2v) is 6.16. The lowest BCUT2D eigenvalue weighted by Crippen LogP contribution is -2.42. The van der Waals surface area contributed by atoms with E-state index in [1.165, 1.54) is 24.7 Å². The summed E-state index contributed by atoms with van der Waals surface area (Å²) in [4.78, 5) is 30.6. The van der Waals surface area contributed by atoms with Gasteiger partial charge in [-0.15, -0.1) is 0 Å². The van der Waals surface area contributed by atoms with Gasteiger partial charge < -0.3 is 15.0 Å². The van der Waals surface area contributed by atoms with Gasteiger partial charge in [0.05, 0.1) is 43.1 Å². The van der Waals surface area contributed by atoms with Gasteiger partial charge >= 0.3 is 0 Å². The summed E-state index contributed by atoms with van der Waals surface area (Å²) in [6, 6.07) is 6.53. The van der Waals surface area contributed by atoms with Gasteiger partial charge in [-0.2, -0.15) is 0 Å². The molecule has 0 aliphatic carbocycles. The Bertz CT molecular complexity index is 937. The number of nitrogens with one attached hydrogen (secondary N) is 1. The monoisotopic (exact) mass is 380 g/mol. The van der Waals surface area contributed by atoms with Crippen molar-refractivity contribution in [3.05, 3.63) is 72.5 Å². The maximum absolute atomic E-state index is 12.9. The highest BCUT2D eigenvalue weighted by Gasteiger charge is 2.27. The second kappa shape index (κ2) is 8.05. The van der Waals surface area contributed by atoms with E-state index in [0.29, 0.717) is 42.6 Å². The van der Waals surface area contributed by atoms with Crippen LogP contribution in [0.5, 0.6) is 0 Å². The average molecular weight is 380 g/mol. The molecule has 0 bridgehead atoms. The molecule has 0 radical (unpaired) electrons. The summed E-state index contributed by atoms with van der Waals surface area (Å²) >= 11 is 0. The molecular formula is C19H17FN6O2. The Hall–Kier alpha value is -3.46. The first-order chi connectivity index (χ1) is 13.7. The summed E-state index contributed by atoms with van der Waals surface area (Å²) < 4.78 is 18.7. The molecule has 1 amide bonds. The summed E-state index contributed by atoms with van der Waals surface area (Å²) in [7, 11) is 0. The molecule has 4 rings (SSSR count). The first kappa shape index (κ1) is 17.9. The number of hydrogen-bond acceptors (Lipinski definition) is 7. The van der Waals surface area contributed by atoms with Gasteiger partial charge in [-0.1, -0.05) is 0 Å². The number of carbonyl (C=O) groups is 1. The summed E-state index contributed by atoms with van der Waals surface area (Å²) in [5, 5.41) is 3.05. The topological polar surface area (TPSA) is 93.1 Å². The standard InChI is InChI=1S/C19H17FN6O2/c20-13-1-4-18(24-9-13)25-14-2-3-15(23-10-14)17-12-26(7-8-28-17)19(27)16-11-21-5-6-22-16/h1-6,9-11,17H,7-8,12H2,(H,24,25)/t17-/m1/s1. The maximum Gasteiger partial charge on any atom is 0.274 e. The molecule has 0 aromatic carbocycles. The van der Waals surface area contributed by atoms with Gasteiger partial charge in [-0.3, -0.25) is 14.8 Å². The number of nitrogens with zero attached hydrogens (tertiary/aromatic N) is 5. The molecule has 0 saturated carbocycles. The van der Waals surface area contributed by atoms with Crippen LogP contribution in [0.2, 0.25) is 0 Å². The highest BCUT2D eigenvalue weighted by Crippen LogP contribution is 2.23. The molecule has 9 heteroatoms. The van der Waals surface area contributed by atoms with Gasteiger partial charge in [-0.05, 0) is 24.3 Å². The van der Waals surface area contributed by atoms with Crippen LogP contribution in [0.25, 0.3) is 0 Å². The van der Waals surface area contributed by atoms with Crippen LogP contribution in [0, 0.1) is 5.82 Å². The van der Waals surface area contributed by atoms with Crippen molar-refractivity contribution < 1.29 is 13.9 Å². The van der Waals surface area contributed by atoms with Gasteiger partial charge in [0.25, 0.3) is 5.91 Å². The number of rotatable bonds is 4. The third-order valence-electron chi connectivity index (χ3n) is 4.25. The zero-order valence-corrected chi connectivity index (χ0v) is 14.8. The van der Waals surface area contributed by atoms with Crippen LogP contribution in [-0.2, 0) is 4.74 Å². The fourth-order valence-corrected chi connectivity index (χ4v) is 2.85. The van der Waals surface area contributed by atoms with Crippen LogP contribution in [0.15, 0.2) is 55.2 Å². The van der Waals surface area contributed by atoms with Crippen LogP contribution < -0.4 is 5.32 Å². The predicted molar refractivity (Wildman–Crippen MR) is 98.3 cm³/mol. The third kappa shape index (κ3) is 4.09. The van der Waals surface area contributed by atoms with Crippen LogP contribution >= 0.6 is 0 Å². The lowest BCUT2D eigenvalue weighted by Gasteiger charge is -2.32. The molecule has 4 heterocycles. The van der Waals surface area contributed by atoms with E-state index in [-0.39, 0.29) is 12.0 Å². The van der Waals surface area contributed by atoms with Crippen LogP contribution in [-0.4, -0.2) is 50.4 Å². The van der Waals surface area contributed by atoms with Crippen molar-refractivity contribution in [2.45, 2.75) is 6.10 Å². The Kier molecular flexibility index (Phi) is 5.16. The van der Waals surface area contributed by atoms with E-state index in [2.05, 4.69) is 25.3 Å². The van der Waals surface area contributed by atoms with E-state index in [4.69, 9.17) is 4.74 Å². The van der Waals surface area contributed by atoms with E-state index in [0.717, 1.165) is 6.20 Å². The summed E-state index contributed by atoms with van der Waals surface area (Å²) in [5.41, 5.74) is 1.74. The minimum atomic E-state index is -0.394. The van der Waals surface area contributed by atoms with Crippen molar-refractivity contribution in [2.24, 2.45) is 0 Å². The van der Waals surface area contributed by atoms with Crippen LogP contribution in [0.4, 0.5) is 15.9 Å². The van der Waals surface area contributed by atoms with Crippen molar-refractivity contribution in [2.75, 3.05) is 25.0 Å². The van der Waals surface area contributed by atoms with E-state index in [1.54, 1.807) is 17.2 Å². The first-order valence-corrected chi connectivity index (χ1v) is 8.70. The molecule has 0 spiro atoms. The Labute approximate surface area is 160 Å². The Morgan fingerprint density at radius 1 is 1.11 bits per heavy atom. The quantitative estimate of drug-likeness (QED) is 0.743. The number of halogens is 1. The van der Waals surface area contributed by atoms with Gasteiger partial charge in [-0.25, -0.2) is 14.4 Å². The van der Waals surface area contributed by atoms with Gasteiger partial charge in [0.2, 0.25) is 0 Å². The van der Waals surface area contributed by atoms with E-state index in [1.807, 2.05) is 12.1 Å². The largest absolute Gasteiger partial charge is 0.368 e. The van der Waals surface area contributed by atoms with Gasteiger partial charge in [0, 0.05) is 18.9 Å². The lowest BCUT2D eigenvalue weighted by molar-refractivity contribution is -0.0249. The smallest absolute Gasteiger partial charge is 0.274 e. The van der Waals surface area contributed by atoms with Crippen molar-refractivity contribution in [3.8, 4) is 0 Å². The maximum atomic E-state index is 12.9. The molecule has 3 aromatic rings. The number of morpholine rings is 1. The molecule has 1 atom stereocenters. The zero-order chi connectivity index (χ0) is 19.3. The zero-order valence-electron chi connectivity index (χ0n) is 14.8. The summed E-state index contributed by atoms with van der Waals surface area (Å²) in [5.74, 6) is -0.0539. The molecule has 1 fully saturated rings. The second-order valence-electron chi connectivity index (χ2n) is 6.16. The fourth-order valence-electron chi connectivity index (χ4n) is 2.85. The predicted octanol–water partition coefficient (Wildman–Crippen LogP) is 2.36. The van der Waals surface area contributed by atoms with Gasteiger partial charge in [0.1, 0.15) is 23.4 Å². The lowest BCUT2D eigenvalue weighted by atomic mass is 10.1. The normalized spacial score (nSPS) is 16.6. The molecule has 8 nitrogen and oxygen atoms in total. The number of anilines is 2. The molecule has 1 saturated heterocycles. The number of aromatic nitrogens is 4. The Balaban J connectivity index is 1.42. The van der Waals surface area contributed by atoms with E-state index < -0.39 is 5.82 Å². The van der Waals surface area contributed by atoms with E-state index >= 15 is 0 Å². The molecule has 1 aliphatic rings. The minimum absolute atomic E-state index is 0.179. The number of carbonyl (C=O) groups excluding carboxylic acids is 1. The summed E-state index contributed by atoms with van der Waals surface area (Å²) in [6.45, 7) is 1.29. The molecule has 3 aromatic heterocycles. The number of ether oxygens (including phenoxy) is 1. The summed E-state index contributed by atoms with van der Waals surface area (Å²) in [6.07, 6.45) is 6.94. The van der Waals surface area contributed by atoms with Gasteiger partial charge in [0.15, 0.2) is 0 Å². The minimum Gasteiger partial charge on any atom is -0.368 e. The fraction of sp³-hybridized carbons (Fsp3) is 0.211. The van der Waals surface area contributed by atoms with Crippen LogP contribution in [0.3, 0.4) is 0 Å². The Morgan fingerprint density at radius 2 is 2.04 bits per heavy atom. The molecule has 28 heavy (non-hydrogen) atoms. The highest BCUT2D eigenvalue weighted by atomic mass is 19.1. The molecule has 1 aliphatic heterocycles.